The number of hydrogen-bond acceptors (Lipinski definition) is 3. The smallest absolute Gasteiger partial charge is 0.319 e. The van der Waals surface area contributed by atoms with Gasteiger partial charge in [0.15, 0.2) is 0 Å². The van der Waals surface area contributed by atoms with Crippen molar-refractivity contribution < 1.29 is 9.21 Å². The first-order valence-electron chi connectivity index (χ1n) is 7.02. The third kappa shape index (κ3) is 5.55. The SMILES string of the molecule is CCc1cccc(NC(=O)NCCSCc2ccco2)c1. The molecule has 5 heteroatoms. The molecule has 0 spiro atoms. The number of hydrogen-bond donors (Lipinski definition) is 2. The summed E-state index contributed by atoms with van der Waals surface area (Å²) >= 11 is 1.73. The van der Waals surface area contributed by atoms with Crippen LogP contribution < -0.4 is 10.6 Å². The summed E-state index contributed by atoms with van der Waals surface area (Å²) in [6.07, 6.45) is 2.63. The zero-order valence-corrected chi connectivity index (χ0v) is 12.9. The van der Waals surface area contributed by atoms with E-state index in [0.717, 1.165) is 29.4 Å². The minimum absolute atomic E-state index is 0.165. The van der Waals surface area contributed by atoms with Crippen LogP contribution in [0.1, 0.15) is 18.2 Å². The highest BCUT2D eigenvalue weighted by atomic mass is 32.2. The van der Waals surface area contributed by atoms with Crippen molar-refractivity contribution in [3.63, 3.8) is 0 Å². The highest BCUT2D eigenvalue weighted by Crippen LogP contribution is 2.12. The Kier molecular flexibility index (Phi) is 6.22. The molecule has 4 nitrogen and oxygen atoms in total. The van der Waals surface area contributed by atoms with Crippen LogP contribution in [0.3, 0.4) is 0 Å². The highest BCUT2D eigenvalue weighted by Gasteiger charge is 2.02. The van der Waals surface area contributed by atoms with Crippen molar-refractivity contribution in [2.45, 2.75) is 19.1 Å². The van der Waals surface area contributed by atoms with E-state index < -0.39 is 0 Å². The molecule has 0 saturated carbocycles. The summed E-state index contributed by atoms with van der Waals surface area (Å²) in [6.45, 7) is 2.72. The van der Waals surface area contributed by atoms with E-state index in [1.807, 2.05) is 36.4 Å². The monoisotopic (exact) mass is 304 g/mol. The van der Waals surface area contributed by atoms with Crippen LogP contribution in [0.4, 0.5) is 10.5 Å². The lowest BCUT2D eigenvalue weighted by Gasteiger charge is -2.08. The quantitative estimate of drug-likeness (QED) is 0.763. The number of nitrogens with one attached hydrogen (secondary N) is 2. The van der Waals surface area contributed by atoms with E-state index >= 15 is 0 Å². The van der Waals surface area contributed by atoms with Gasteiger partial charge in [0.25, 0.3) is 0 Å². The summed E-state index contributed by atoms with van der Waals surface area (Å²) in [6, 6.07) is 11.6. The van der Waals surface area contributed by atoms with Crippen molar-refractivity contribution in [1.29, 1.82) is 0 Å². The first-order valence-corrected chi connectivity index (χ1v) is 8.17. The van der Waals surface area contributed by atoms with Crippen LogP contribution >= 0.6 is 11.8 Å². The number of amides is 2. The lowest BCUT2D eigenvalue weighted by Crippen LogP contribution is -2.30. The fraction of sp³-hybridized carbons (Fsp3) is 0.312. The van der Waals surface area contributed by atoms with E-state index in [1.54, 1.807) is 18.0 Å². The zero-order valence-electron chi connectivity index (χ0n) is 12.1. The molecule has 0 aliphatic rings. The summed E-state index contributed by atoms with van der Waals surface area (Å²) in [5.74, 6) is 2.64. The molecule has 1 aromatic heterocycles. The number of benzene rings is 1. The molecule has 2 amide bonds. The molecule has 0 unspecified atom stereocenters. The number of carbonyl (C=O) groups excluding carboxylic acids is 1. The molecule has 2 N–H and O–H groups in total. The predicted molar refractivity (Wildman–Crippen MR) is 87.7 cm³/mol. The molecule has 0 saturated heterocycles. The third-order valence-corrected chi connectivity index (χ3v) is 3.93. The van der Waals surface area contributed by atoms with Gasteiger partial charge in [0.05, 0.1) is 12.0 Å². The normalized spacial score (nSPS) is 10.3. The molecule has 2 aromatic rings. The van der Waals surface area contributed by atoms with Crippen LogP contribution in [0.5, 0.6) is 0 Å². The number of thioether (sulfide) groups is 1. The van der Waals surface area contributed by atoms with Gasteiger partial charge in [0, 0.05) is 18.0 Å². The van der Waals surface area contributed by atoms with Crippen molar-refractivity contribution in [3.8, 4) is 0 Å². The van der Waals surface area contributed by atoms with Gasteiger partial charge in [-0.05, 0) is 36.2 Å². The van der Waals surface area contributed by atoms with Crippen molar-refractivity contribution >= 4 is 23.5 Å². The van der Waals surface area contributed by atoms with E-state index in [9.17, 15) is 4.79 Å². The van der Waals surface area contributed by atoms with Gasteiger partial charge in [-0.25, -0.2) is 4.79 Å². The molecule has 2 rings (SSSR count). The Balaban J connectivity index is 1.63. The molecule has 0 radical (unpaired) electrons. The maximum absolute atomic E-state index is 11.8. The Morgan fingerprint density at radius 2 is 2.19 bits per heavy atom. The molecule has 1 aromatic carbocycles. The van der Waals surface area contributed by atoms with E-state index in [1.165, 1.54) is 5.56 Å². The molecule has 0 aliphatic carbocycles. The average Bonchev–Trinajstić information content (AvgIpc) is 3.00. The van der Waals surface area contributed by atoms with Gasteiger partial charge in [-0.2, -0.15) is 11.8 Å². The Bertz CT molecular complexity index is 555. The number of carbonyl (C=O) groups is 1. The summed E-state index contributed by atoms with van der Waals surface area (Å²) in [4.78, 5) is 11.8. The van der Waals surface area contributed by atoms with Gasteiger partial charge in [-0.3, -0.25) is 0 Å². The Labute approximate surface area is 129 Å². The zero-order chi connectivity index (χ0) is 14.9. The molecular weight excluding hydrogens is 284 g/mol. The Hall–Kier alpha value is -1.88. The number of aryl methyl sites for hydroxylation is 1. The summed E-state index contributed by atoms with van der Waals surface area (Å²) < 4.78 is 5.24. The second kappa shape index (κ2) is 8.42. The van der Waals surface area contributed by atoms with Crippen LogP contribution in [-0.4, -0.2) is 18.3 Å². The lowest BCUT2D eigenvalue weighted by atomic mass is 10.1. The van der Waals surface area contributed by atoms with Crippen molar-refractivity contribution in [1.82, 2.24) is 5.32 Å². The third-order valence-electron chi connectivity index (χ3n) is 2.95. The molecule has 112 valence electrons. The number of anilines is 1. The molecule has 0 aliphatic heterocycles. The van der Waals surface area contributed by atoms with Gasteiger partial charge in [-0.15, -0.1) is 0 Å². The average molecular weight is 304 g/mol. The number of furan rings is 1. The highest BCUT2D eigenvalue weighted by molar-refractivity contribution is 7.98. The second-order valence-corrected chi connectivity index (χ2v) is 5.67. The molecule has 0 bridgehead atoms. The fourth-order valence-electron chi connectivity index (χ4n) is 1.85. The topological polar surface area (TPSA) is 54.3 Å². The maximum Gasteiger partial charge on any atom is 0.319 e. The number of rotatable bonds is 7. The van der Waals surface area contributed by atoms with Crippen LogP contribution in [0.2, 0.25) is 0 Å². The van der Waals surface area contributed by atoms with Gasteiger partial charge < -0.3 is 15.1 Å². The molecule has 0 fully saturated rings. The van der Waals surface area contributed by atoms with Crippen LogP contribution in [0.15, 0.2) is 47.1 Å². The molecule has 21 heavy (non-hydrogen) atoms. The largest absolute Gasteiger partial charge is 0.468 e. The molecule has 0 atom stereocenters. The number of urea groups is 1. The Morgan fingerprint density at radius 3 is 2.95 bits per heavy atom. The predicted octanol–water partition coefficient (Wildman–Crippen LogP) is 3.90. The van der Waals surface area contributed by atoms with Crippen molar-refractivity contribution in [2.75, 3.05) is 17.6 Å². The maximum atomic E-state index is 11.8. The van der Waals surface area contributed by atoms with Gasteiger partial charge in [-0.1, -0.05) is 19.1 Å². The standard InChI is InChI=1S/C16H20N2O2S/c1-2-13-5-3-6-14(11-13)18-16(19)17-8-10-21-12-15-7-4-9-20-15/h3-7,9,11H,2,8,10,12H2,1H3,(H2,17,18,19). The summed E-state index contributed by atoms with van der Waals surface area (Å²) in [5.41, 5.74) is 2.04. The molecular formula is C16H20N2O2S. The van der Waals surface area contributed by atoms with E-state index in [0.29, 0.717) is 6.54 Å². The van der Waals surface area contributed by atoms with E-state index in [-0.39, 0.29) is 6.03 Å². The van der Waals surface area contributed by atoms with Gasteiger partial charge in [0.2, 0.25) is 0 Å². The summed E-state index contributed by atoms with van der Waals surface area (Å²) in [5, 5.41) is 5.69. The first kappa shape index (κ1) is 15.5. The summed E-state index contributed by atoms with van der Waals surface area (Å²) in [7, 11) is 0. The lowest BCUT2D eigenvalue weighted by molar-refractivity contribution is 0.252. The molecule has 1 heterocycles. The second-order valence-electron chi connectivity index (χ2n) is 4.57. The van der Waals surface area contributed by atoms with Crippen LogP contribution in [0.25, 0.3) is 0 Å². The van der Waals surface area contributed by atoms with Gasteiger partial charge in [0.1, 0.15) is 5.76 Å². The van der Waals surface area contributed by atoms with E-state index in [4.69, 9.17) is 4.42 Å². The van der Waals surface area contributed by atoms with Crippen LogP contribution in [0, 0.1) is 0 Å². The Morgan fingerprint density at radius 1 is 1.29 bits per heavy atom. The first-order chi connectivity index (χ1) is 10.3. The van der Waals surface area contributed by atoms with Gasteiger partial charge >= 0.3 is 6.03 Å². The van der Waals surface area contributed by atoms with Crippen molar-refractivity contribution in [3.05, 3.63) is 54.0 Å². The minimum atomic E-state index is -0.165. The van der Waals surface area contributed by atoms with E-state index in [2.05, 4.69) is 17.6 Å². The van der Waals surface area contributed by atoms with Crippen LogP contribution in [-0.2, 0) is 12.2 Å². The van der Waals surface area contributed by atoms with Crippen molar-refractivity contribution in [2.24, 2.45) is 0 Å². The fourth-order valence-corrected chi connectivity index (χ4v) is 2.60. The minimum Gasteiger partial charge on any atom is -0.468 e.